The normalized spacial score (nSPS) is 16.8. The highest BCUT2D eigenvalue weighted by molar-refractivity contribution is 5.47. The zero-order valence-electron chi connectivity index (χ0n) is 12.8. The highest BCUT2D eigenvalue weighted by atomic mass is 15.2. The average molecular weight is 283 g/mol. The standard InChI is InChI=1S/C16H21N5/c1-4-14-19-15(17)21-16(20-14)18-13-6-5-11-10(3)7-9(2)8-12(11)13/h7-8,13H,4-6H2,1-3H3,(H3,17,18,19,20,21)/t13-/m1/s1. The van der Waals surface area contributed by atoms with Gasteiger partial charge in [0.25, 0.3) is 0 Å². The van der Waals surface area contributed by atoms with Crippen LogP contribution in [0.2, 0.25) is 0 Å². The summed E-state index contributed by atoms with van der Waals surface area (Å²) < 4.78 is 0. The minimum Gasteiger partial charge on any atom is -0.368 e. The maximum Gasteiger partial charge on any atom is 0.228 e. The lowest BCUT2D eigenvalue weighted by atomic mass is 10.00. The number of fused-ring (bicyclic) bond motifs is 1. The number of nitrogens with one attached hydrogen (secondary N) is 1. The second-order valence-electron chi connectivity index (χ2n) is 5.67. The van der Waals surface area contributed by atoms with Gasteiger partial charge in [0.2, 0.25) is 11.9 Å². The van der Waals surface area contributed by atoms with Gasteiger partial charge in [0.05, 0.1) is 6.04 Å². The Balaban J connectivity index is 1.90. The quantitative estimate of drug-likeness (QED) is 0.905. The highest BCUT2D eigenvalue weighted by Gasteiger charge is 2.24. The molecular formula is C16H21N5. The van der Waals surface area contributed by atoms with Gasteiger partial charge in [-0.25, -0.2) is 0 Å². The van der Waals surface area contributed by atoms with E-state index >= 15 is 0 Å². The molecule has 0 bridgehead atoms. The first-order chi connectivity index (χ1) is 10.1. The van der Waals surface area contributed by atoms with Gasteiger partial charge in [-0.1, -0.05) is 24.6 Å². The number of hydrogen-bond donors (Lipinski definition) is 2. The van der Waals surface area contributed by atoms with Crippen molar-refractivity contribution < 1.29 is 0 Å². The van der Waals surface area contributed by atoms with Crippen molar-refractivity contribution in [2.45, 2.75) is 46.1 Å². The predicted molar refractivity (Wildman–Crippen MR) is 84.2 cm³/mol. The Bertz CT molecular complexity index is 681. The van der Waals surface area contributed by atoms with Crippen molar-refractivity contribution in [3.63, 3.8) is 0 Å². The molecule has 1 atom stereocenters. The van der Waals surface area contributed by atoms with E-state index in [9.17, 15) is 0 Å². The van der Waals surface area contributed by atoms with Crippen molar-refractivity contribution in [1.82, 2.24) is 15.0 Å². The molecule has 1 heterocycles. The summed E-state index contributed by atoms with van der Waals surface area (Å²) in [6.07, 6.45) is 2.91. The fourth-order valence-electron chi connectivity index (χ4n) is 3.09. The van der Waals surface area contributed by atoms with Gasteiger partial charge in [0.15, 0.2) is 0 Å². The van der Waals surface area contributed by atoms with Gasteiger partial charge in [-0.15, -0.1) is 0 Å². The molecule has 1 aromatic carbocycles. The van der Waals surface area contributed by atoms with Crippen LogP contribution in [0, 0.1) is 13.8 Å². The smallest absolute Gasteiger partial charge is 0.228 e. The van der Waals surface area contributed by atoms with Gasteiger partial charge in [-0.2, -0.15) is 15.0 Å². The van der Waals surface area contributed by atoms with Crippen molar-refractivity contribution in [3.8, 4) is 0 Å². The zero-order valence-corrected chi connectivity index (χ0v) is 12.8. The molecule has 1 aromatic heterocycles. The molecule has 5 heteroatoms. The lowest BCUT2D eigenvalue weighted by Gasteiger charge is -2.15. The molecular weight excluding hydrogens is 262 g/mol. The Morgan fingerprint density at radius 3 is 2.81 bits per heavy atom. The lowest BCUT2D eigenvalue weighted by Crippen LogP contribution is -2.13. The summed E-state index contributed by atoms with van der Waals surface area (Å²) in [6, 6.07) is 4.76. The van der Waals surface area contributed by atoms with Gasteiger partial charge in [0.1, 0.15) is 5.82 Å². The van der Waals surface area contributed by atoms with E-state index in [2.05, 4.69) is 46.2 Å². The fourth-order valence-corrected chi connectivity index (χ4v) is 3.09. The van der Waals surface area contributed by atoms with Crippen molar-refractivity contribution in [3.05, 3.63) is 40.2 Å². The molecule has 0 aliphatic heterocycles. The summed E-state index contributed by atoms with van der Waals surface area (Å²) >= 11 is 0. The summed E-state index contributed by atoms with van der Waals surface area (Å²) in [6.45, 7) is 6.33. The van der Waals surface area contributed by atoms with Crippen LogP contribution in [0.25, 0.3) is 0 Å². The molecule has 3 N–H and O–H groups in total. The first-order valence-electron chi connectivity index (χ1n) is 7.43. The van der Waals surface area contributed by atoms with Crippen molar-refractivity contribution in [1.29, 1.82) is 0 Å². The zero-order chi connectivity index (χ0) is 15.0. The van der Waals surface area contributed by atoms with E-state index in [1.807, 2.05) is 6.92 Å². The van der Waals surface area contributed by atoms with Gasteiger partial charge < -0.3 is 11.1 Å². The van der Waals surface area contributed by atoms with E-state index in [1.54, 1.807) is 0 Å². The maximum absolute atomic E-state index is 5.75. The Morgan fingerprint density at radius 2 is 2.05 bits per heavy atom. The van der Waals surface area contributed by atoms with Gasteiger partial charge in [-0.3, -0.25) is 0 Å². The summed E-state index contributed by atoms with van der Waals surface area (Å²) in [5, 5.41) is 3.42. The van der Waals surface area contributed by atoms with Crippen molar-refractivity contribution in [2.75, 3.05) is 11.1 Å². The minimum atomic E-state index is 0.255. The number of anilines is 2. The summed E-state index contributed by atoms with van der Waals surface area (Å²) in [4.78, 5) is 12.7. The van der Waals surface area contributed by atoms with Crippen LogP contribution < -0.4 is 11.1 Å². The lowest BCUT2D eigenvalue weighted by molar-refractivity contribution is 0.745. The molecule has 21 heavy (non-hydrogen) atoms. The van der Waals surface area contributed by atoms with E-state index in [0.29, 0.717) is 5.95 Å². The van der Waals surface area contributed by atoms with Crippen LogP contribution in [0.1, 0.15) is 47.5 Å². The molecule has 3 rings (SSSR count). The van der Waals surface area contributed by atoms with Gasteiger partial charge in [-0.05, 0) is 43.4 Å². The van der Waals surface area contributed by atoms with E-state index in [-0.39, 0.29) is 12.0 Å². The largest absolute Gasteiger partial charge is 0.368 e. The highest BCUT2D eigenvalue weighted by Crippen LogP contribution is 2.35. The van der Waals surface area contributed by atoms with E-state index < -0.39 is 0 Å². The number of hydrogen-bond acceptors (Lipinski definition) is 5. The molecule has 1 aliphatic carbocycles. The molecule has 0 saturated carbocycles. The predicted octanol–water partition coefficient (Wildman–Crippen LogP) is 2.73. The van der Waals surface area contributed by atoms with Crippen LogP contribution in [-0.2, 0) is 12.8 Å². The Kier molecular flexibility index (Phi) is 3.49. The minimum absolute atomic E-state index is 0.255. The molecule has 5 nitrogen and oxygen atoms in total. The third kappa shape index (κ3) is 2.68. The molecule has 2 aromatic rings. The Labute approximate surface area is 125 Å². The van der Waals surface area contributed by atoms with E-state index in [4.69, 9.17) is 5.73 Å². The molecule has 0 radical (unpaired) electrons. The van der Waals surface area contributed by atoms with Gasteiger partial charge in [0, 0.05) is 6.42 Å². The molecule has 0 saturated heterocycles. The summed E-state index contributed by atoms with van der Waals surface area (Å²) in [7, 11) is 0. The molecule has 0 amide bonds. The van der Waals surface area contributed by atoms with Crippen molar-refractivity contribution >= 4 is 11.9 Å². The third-order valence-electron chi connectivity index (χ3n) is 4.03. The molecule has 0 spiro atoms. The van der Waals surface area contributed by atoms with Crippen LogP contribution in [0.5, 0.6) is 0 Å². The van der Waals surface area contributed by atoms with Gasteiger partial charge >= 0.3 is 0 Å². The molecule has 1 aliphatic rings. The topological polar surface area (TPSA) is 76.7 Å². The third-order valence-corrected chi connectivity index (χ3v) is 4.03. The van der Waals surface area contributed by atoms with Crippen LogP contribution in [0.3, 0.4) is 0 Å². The van der Waals surface area contributed by atoms with Crippen LogP contribution in [0.4, 0.5) is 11.9 Å². The van der Waals surface area contributed by atoms with Crippen molar-refractivity contribution in [2.24, 2.45) is 0 Å². The fraction of sp³-hybridized carbons (Fsp3) is 0.438. The molecule has 0 fully saturated rings. The molecule has 0 unspecified atom stereocenters. The number of benzene rings is 1. The van der Waals surface area contributed by atoms with E-state index in [1.165, 1.54) is 22.3 Å². The number of aromatic nitrogens is 3. The SMILES string of the molecule is CCc1nc(N)nc(N[C@@H]2CCc3c(C)cc(C)cc32)n1. The number of nitrogens with two attached hydrogens (primary N) is 1. The average Bonchev–Trinajstić information content (AvgIpc) is 2.81. The Morgan fingerprint density at radius 1 is 1.24 bits per heavy atom. The van der Waals surface area contributed by atoms with E-state index in [0.717, 1.165) is 25.1 Å². The first-order valence-corrected chi connectivity index (χ1v) is 7.43. The summed E-state index contributed by atoms with van der Waals surface area (Å²) in [5.74, 6) is 1.59. The maximum atomic E-state index is 5.75. The number of nitrogens with zero attached hydrogens (tertiary/aromatic N) is 3. The van der Waals surface area contributed by atoms with Crippen LogP contribution >= 0.6 is 0 Å². The van der Waals surface area contributed by atoms with Crippen LogP contribution in [-0.4, -0.2) is 15.0 Å². The monoisotopic (exact) mass is 283 g/mol. The number of rotatable bonds is 3. The number of aryl methyl sites for hydroxylation is 3. The Hall–Kier alpha value is -2.17. The second-order valence-corrected chi connectivity index (χ2v) is 5.67. The number of nitrogen functional groups attached to an aromatic ring is 1. The van der Waals surface area contributed by atoms with Crippen LogP contribution in [0.15, 0.2) is 12.1 Å². The first kappa shape index (κ1) is 13.8. The summed E-state index contributed by atoms with van der Waals surface area (Å²) in [5.41, 5.74) is 11.2. The second kappa shape index (κ2) is 5.31. The molecule has 110 valence electrons.